The van der Waals surface area contributed by atoms with Crippen LogP contribution in [-0.4, -0.2) is 48.4 Å². The summed E-state index contributed by atoms with van der Waals surface area (Å²) in [6.45, 7) is 5.55. The van der Waals surface area contributed by atoms with Crippen LogP contribution in [0.15, 0.2) is 18.2 Å². The molecule has 2 N–H and O–H groups in total. The Kier molecular flexibility index (Phi) is 7.72. The Balaban J connectivity index is 0.00000121. The second-order valence-electron chi connectivity index (χ2n) is 5.73. The Labute approximate surface area is 149 Å². The van der Waals surface area contributed by atoms with Gasteiger partial charge in [-0.25, -0.2) is 0 Å². The molecule has 2 saturated heterocycles. The van der Waals surface area contributed by atoms with Crippen LogP contribution < -0.4 is 5.32 Å². The Morgan fingerprint density at radius 1 is 1.27 bits per heavy atom. The number of ether oxygens (including phenoxy) is 1. The van der Waals surface area contributed by atoms with Crippen LogP contribution in [0.2, 0.25) is 5.02 Å². The molecular weight excluding hydrogens is 347 g/mol. The Morgan fingerprint density at radius 2 is 2.00 bits per heavy atom. The second-order valence-corrected chi connectivity index (χ2v) is 6.11. The summed E-state index contributed by atoms with van der Waals surface area (Å²) in [6, 6.07) is 5.44. The number of benzene rings is 1. The van der Waals surface area contributed by atoms with E-state index in [0.29, 0.717) is 5.02 Å². The smallest absolute Gasteiger partial charge is 0.134 e. The number of likely N-dealkylation sites (tertiary alicyclic amines) is 1. The van der Waals surface area contributed by atoms with Gasteiger partial charge < -0.3 is 15.2 Å². The molecular formula is C15H23Cl3N2O2. The summed E-state index contributed by atoms with van der Waals surface area (Å²) >= 11 is 6.14. The summed E-state index contributed by atoms with van der Waals surface area (Å²) in [5.74, 6) is 0.164. The molecule has 126 valence electrons. The van der Waals surface area contributed by atoms with Crippen LogP contribution >= 0.6 is 36.4 Å². The molecule has 22 heavy (non-hydrogen) atoms. The Hall–Kier alpha value is -0.230. The van der Waals surface area contributed by atoms with E-state index in [-0.39, 0.29) is 36.2 Å². The first-order chi connectivity index (χ1) is 9.69. The number of phenols is 1. The van der Waals surface area contributed by atoms with Gasteiger partial charge in [0, 0.05) is 32.7 Å². The molecule has 2 heterocycles. The van der Waals surface area contributed by atoms with Gasteiger partial charge in [-0.2, -0.15) is 0 Å². The third-order valence-corrected chi connectivity index (χ3v) is 4.79. The summed E-state index contributed by atoms with van der Waals surface area (Å²) in [5, 5.41) is 13.6. The fourth-order valence-corrected chi connectivity index (χ4v) is 3.26. The highest BCUT2D eigenvalue weighted by atomic mass is 35.5. The van der Waals surface area contributed by atoms with E-state index in [2.05, 4.69) is 10.2 Å². The molecule has 0 aromatic heterocycles. The van der Waals surface area contributed by atoms with Crippen molar-refractivity contribution in [1.82, 2.24) is 10.2 Å². The van der Waals surface area contributed by atoms with E-state index in [1.54, 1.807) is 6.07 Å². The number of morpholine rings is 1. The van der Waals surface area contributed by atoms with Crippen molar-refractivity contribution in [2.45, 2.75) is 25.0 Å². The lowest BCUT2D eigenvalue weighted by molar-refractivity contribution is -0.100. The summed E-state index contributed by atoms with van der Waals surface area (Å²) in [4.78, 5) is 2.38. The third-order valence-electron chi connectivity index (χ3n) is 4.35. The van der Waals surface area contributed by atoms with Crippen molar-refractivity contribution in [3.63, 3.8) is 0 Å². The van der Waals surface area contributed by atoms with E-state index < -0.39 is 0 Å². The van der Waals surface area contributed by atoms with Crippen LogP contribution in [0.3, 0.4) is 0 Å². The van der Waals surface area contributed by atoms with Gasteiger partial charge in [0.05, 0.1) is 17.2 Å². The maximum absolute atomic E-state index is 9.65. The van der Waals surface area contributed by atoms with Crippen LogP contribution in [0.4, 0.5) is 0 Å². The van der Waals surface area contributed by atoms with E-state index >= 15 is 0 Å². The molecule has 4 nitrogen and oxygen atoms in total. The third kappa shape index (κ3) is 4.40. The van der Waals surface area contributed by atoms with Crippen molar-refractivity contribution < 1.29 is 9.84 Å². The maximum Gasteiger partial charge on any atom is 0.134 e. The number of rotatable bonds is 2. The first-order valence-corrected chi connectivity index (χ1v) is 7.60. The number of hydrogen-bond donors (Lipinski definition) is 2. The number of aromatic hydroxyl groups is 1. The van der Waals surface area contributed by atoms with Crippen molar-refractivity contribution in [3.05, 3.63) is 28.8 Å². The zero-order valence-electron chi connectivity index (χ0n) is 12.4. The molecule has 0 bridgehead atoms. The monoisotopic (exact) mass is 368 g/mol. The minimum atomic E-state index is 0. The number of hydrogen-bond acceptors (Lipinski definition) is 4. The Bertz CT molecular complexity index is 472. The molecule has 0 aliphatic carbocycles. The fraction of sp³-hybridized carbons (Fsp3) is 0.600. The quantitative estimate of drug-likeness (QED) is 0.841. The molecule has 0 atom stereocenters. The minimum absolute atomic E-state index is 0. The highest BCUT2D eigenvalue weighted by Crippen LogP contribution is 2.31. The zero-order chi connectivity index (χ0) is 14.0. The van der Waals surface area contributed by atoms with Gasteiger partial charge in [0.15, 0.2) is 0 Å². The maximum atomic E-state index is 9.65. The van der Waals surface area contributed by atoms with Crippen LogP contribution in [0.5, 0.6) is 5.75 Å². The second kappa shape index (κ2) is 8.57. The van der Waals surface area contributed by atoms with Gasteiger partial charge >= 0.3 is 0 Å². The van der Waals surface area contributed by atoms with Gasteiger partial charge in [0.2, 0.25) is 0 Å². The van der Waals surface area contributed by atoms with Crippen molar-refractivity contribution >= 4 is 36.4 Å². The molecule has 0 unspecified atom stereocenters. The molecule has 3 rings (SSSR count). The molecule has 2 aliphatic heterocycles. The summed E-state index contributed by atoms with van der Waals surface area (Å²) in [6.07, 6.45) is 2.10. The summed E-state index contributed by atoms with van der Waals surface area (Å²) in [5.41, 5.74) is 1.03. The number of halogens is 3. The molecule has 1 aromatic rings. The summed E-state index contributed by atoms with van der Waals surface area (Å²) in [7, 11) is 0. The first kappa shape index (κ1) is 19.8. The minimum Gasteiger partial charge on any atom is -0.506 e. The molecule has 1 aromatic carbocycles. The van der Waals surface area contributed by atoms with Gasteiger partial charge in [-0.1, -0.05) is 23.7 Å². The fourth-order valence-electron chi connectivity index (χ4n) is 3.08. The predicted octanol–water partition coefficient (Wildman–Crippen LogP) is 2.84. The standard InChI is InChI=1S/C15H21ClN2O2.2ClH/c16-14-12(2-1-3-13(14)19)10-18-7-4-15(5-8-18)11-17-6-9-20-15;;/h1-3,17,19H,4-11H2;2*1H. The first-order valence-electron chi connectivity index (χ1n) is 7.22. The molecule has 2 fully saturated rings. The SMILES string of the molecule is Cl.Cl.Oc1cccc(CN2CCC3(CC2)CNCCO3)c1Cl. The van der Waals surface area contributed by atoms with E-state index in [1.807, 2.05) is 12.1 Å². The van der Waals surface area contributed by atoms with Crippen LogP contribution in [0.25, 0.3) is 0 Å². The lowest BCUT2D eigenvalue weighted by Crippen LogP contribution is -2.55. The van der Waals surface area contributed by atoms with Crippen LogP contribution in [0.1, 0.15) is 18.4 Å². The van der Waals surface area contributed by atoms with Gasteiger partial charge in [0.1, 0.15) is 5.75 Å². The van der Waals surface area contributed by atoms with Crippen LogP contribution in [-0.2, 0) is 11.3 Å². The van der Waals surface area contributed by atoms with Gasteiger partial charge in [-0.3, -0.25) is 4.90 Å². The van der Waals surface area contributed by atoms with Gasteiger partial charge in [0.25, 0.3) is 0 Å². The van der Waals surface area contributed by atoms with Crippen LogP contribution in [0, 0.1) is 0 Å². The Morgan fingerprint density at radius 3 is 2.64 bits per heavy atom. The predicted molar refractivity (Wildman–Crippen MR) is 93.7 cm³/mol. The average Bonchev–Trinajstić information content (AvgIpc) is 2.47. The van der Waals surface area contributed by atoms with E-state index in [0.717, 1.165) is 57.7 Å². The molecule has 0 saturated carbocycles. The summed E-state index contributed by atoms with van der Waals surface area (Å²) < 4.78 is 5.99. The van der Waals surface area contributed by atoms with E-state index in [9.17, 15) is 5.11 Å². The lowest BCUT2D eigenvalue weighted by Gasteiger charge is -2.44. The number of nitrogens with one attached hydrogen (secondary N) is 1. The van der Waals surface area contributed by atoms with Gasteiger partial charge in [-0.05, 0) is 24.5 Å². The zero-order valence-corrected chi connectivity index (χ0v) is 14.8. The largest absolute Gasteiger partial charge is 0.506 e. The van der Waals surface area contributed by atoms with Crippen molar-refractivity contribution in [2.24, 2.45) is 0 Å². The van der Waals surface area contributed by atoms with Crippen molar-refractivity contribution in [1.29, 1.82) is 0 Å². The molecule has 7 heteroatoms. The molecule has 2 aliphatic rings. The highest BCUT2D eigenvalue weighted by molar-refractivity contribution is 6.32. The highest BCUT2D eigenvalue weighted by Gasteiger charge is 2.36. The average molecular weight is 370 g/mol. The normalized spacial score (nSPS) is 21.0. The molecule has 0 radical (unpaired) electrons. The number of piperidine rings is 1. The van der Waals surface area contributed by atoms with Gasteiger partial charge in [-0.15, -0.1) is 24.8 Å². The van der Waals surface area contributed by atoms with Crippen molar-refractivity contribution in [3.8, 4) is 5.75 Å². The van der Waals surface area contributed by atoms with E-state index in [4.69, 9.17) is 16.3 Å². The molecule has 0 amide bonds. The lowest BCUT2D eigenvalue weighted by atomic mass is 9.90. The number of phenolic OH excluding ortho intramolecular Hbond substituents is 1. The van der Waals surface area contributed by atoms with E-state index in [1.165, 1.54) is 0 Å². The van der Waals surface area contributed by atoms with Crippen molar-refractivity contribution in [2.75, 3.05) is 32.8 Å². The topological polar surface area (TPSA) is 44.7 Å². The number of nitrogens with zero attached hydrogens (tertiary/aromatic N) is 1. The molecule has 1 spiro atoms.